The van der Waals surface area contributed by atoms with Crippen molar-refractivity contribution in [2.45, 2.75) is 117 Å². The fraction of sp³-hybridized carbons (Fsp3) is 0.750. The predicted octanol–water partition coefficient (Wildman–Crippen LogP) is 7.88. The molecule has 0 radical (unpaired) electrons. The zero-order valence-electron chi connectivity index (χ0n) is 25.3. The van der Waals surface area contributed by atoms with Crippen LogP contribution in [0.3, 0.4) is 0 Å². The Labute approximate surface area is 237 Å². The van der Waals surface area contributed by atoms with E-state index in [2.05, 4.69) is 13.8 Å². The zero-order valence-corrected chi connectivity index (χ0v) is 25.3. The van der Waals surface area contributed by atoms with Gasteiger partial charge in [0.2, 0.25) is 0 Å². The summed E-state index contributed by atoms with van der Waals surface area (Å²) < 4.78 is 22.0. The van der Waals surface area contributed by atoms with Gasteiger partial charge in [-0.15, -0.1) is 0 Å². The molecule has 1 rings (SSSR count). The Hall–Kier alpha value is -2.28. The van der Waals surface area contributed by atoms with Gasteiger partial charge in [0.25, 0.3) is 5.91 Å². The van der Waals surface area contributed by atoms with Crippen LogP contribution in [-0.2, 0) is 19.1 Å². The molecule has 1 aromatic carbocycles. The minimum Gasteiger partial charge on any atom is -0.493 e. The van der Waals surface area contributed by atoms with Crippen molar-refractivity contribution in [3.63, 3.8) is 0 Å². The van der Waals surface area contributed by atoms with Crippen molar-refractivity contribution in [2.24, 2.45) is 0 Å². The molecule has 0 heterocycles. The molecule has 0 unspecified atom stereocenters. The molecule has 0 bridgehead atoms. The molecule has 0 atom stereocenters. The lowest BCUT2D eigenvalue weighted by molar-refractivity contribution is -0.140. The molecule has 7 nitrogen and oxygen atoms in total. The number of carbonyl (C=O) groups excluding carboxylic acids is 2. The molecule has 7 heteroatoms. The second-order valence-corrected chi connectivity index (χ2v) is 10.3. The summed E-state index contributed by atoms with van der Waals surface area (Å²) in [6.45, 7) is 5.31. The SMILES string of the molecule is CCCCCCCCCCOc1cc(OCCCCCCCCCC)cc(N(CC(=O)OC)C(=O)COC)c1. The van der Waals surface area contributed by atoms with E-state index in [0.29, 0.717) is 30.4 Å². The molecule has 0 saturated carbocycles. The third-order valence-electron chi connectivity index (χ3n) is 6.79. The normalized spacial score (nSPS) is 10.9. The smallest absolute Gasteiger partial charge is 0.325 e. The summed E-state index contributed by atoms with van der Waals surface area (Å²) >= 11 is 0. The summed E-state index contributed by atoms with van der Waals surface area (Å²) in [5, 5.41) is 0. The summed E-state index contributed by atoms with van der Waals surface area (Å²) in [5.41, 5.74) is 0.529. The van der Waals surface area contributed by atoms with Gasteiger partial charge in [0, 0.05) is 25.3 Å². The standard InChI is InChI=1S/C32H55NO6/c1-5-7-9-11-13-15-17-19-21-38-29-23-28(33(26-32(35)37-4)31(34)27-36-3)24-30(25-29)39-22-20-18-16-14-12-10-8-6-2/h23-25H,5-22,26-27H2,1-4H3. The van der Waals surface area contributed by atoms with Crippen LogP contribution in [0.4, 0.5) is 5.69 Å². The van der Waals surface area contributed by atoms with Crippen LogP contribution in [0.5, 0.6) is 11.5 Å². The predicted molar refractivity (Wildman–Crippen MR) is 159 cm³/mol. The second kappa shape index (κ2) is 23.6. The maximum atomic E-state index is 12.8. The van der Waals surface area contributed by atoms with Crippen LogP contribution in [0, 0.1) is 0 Å². The van der Waals surface area contributed by atoms with Crippen LogP contribution < -0.4 is 14.4 Å². The zero-order chi connectivity index (χ0) is 28.6. The number of benzene rings is 1. The van der Waals surface area contributed by atoms with Crippen LogP contribution in [-0.4, -0.2) is 52.5 Å². The average molecular weight is 550 g/mol. The van der Waals surface area contributed by atoms with Crippen molar-refractivity contribution in [3.05, 3.63) is 18.2 Å². The number of methoxy groups -OCH3 is 2. The molecule has 0 saturated heterocycles. The third-order valence-corrected chi connectivity index (χ3v) is 6.79. The number of nitrogens with zero attached hydrogens (tertiary/aromatic N) is 1. The first-order valence-corrected chi connectivity index (χ1v) is 15.3. The van der Waals surface area contributed by atoms with E-state index < -0.39 is 5.97 Å². The lowest BCUT2D eigenvalue weighted by atomic mass is 10.1. The molecule has 1 amide bonds. The monoisotopic (exact) mass is 549 g/mol. The first-order chi connectivity index (χ1) is 19.0. The molecule has 224 valence electrons. The molecule has 0 N–H and O–H groups in total. The molecule has 0 aliphatic rings. The number of hydrogen-bond acceptors (Lipinski definition) is 6. The Kier molecular flexibility index (Phi) is 21.0. The summed E-state index contributed by atoms with van der Waals surface area (Å²) in [4.78, 5) is 26.2. The van der Waals surface area contributed by atoms with Gasteiger partial charge in [-0.1, -0.05) is 104 Å². The Balaban J connectivity index is 2.76. The van der Waals surface area contributed by atoms with Gasteiger partial charge in [-0.2, -0.15) is 0 Å². The van der Waals surface area contributed by atoms with Crippen molar-refractivity contribution in [3.8, 4) is 11.5 Å². The van der Waals surface area contributed by atoms with E-state index >= 15 is 0 Å². The minimum absolute atomic E-state index is 0.144. The van der Waals surface area contributed by atoms with Crippen LogP contribution >= 0.6 is 0 Å². The van der Waals surface area contributed by atoms with Crippen LogP contribution in [0.15, 0.2) is 18.2 Å². The summed E-state index contributed by atoms with van der Waals surface area (Å²) in [6.07, 6.45) is 19.7. The number of hydrogen-bond donors (Lipinski definition) is 0. The first kappa shape index (κ1) is 34.7. The highest BCUT2D eigenvalue weighted by molar-refractivity contribution is 5.98. The van der Waals surface area contributed by atoms with E-state index in [9.17, 15) is 9.59 Å². The molecular formula is C32H55NO6. The molecule has 0 aliphatic heterocycles. The van der Waals surface area contributed by atoms with E-state index in [0.717, 1.165) is 25.7 Å². The Morgan fingerprint density at radius 2 is 1.08 bits per heavy atom. The van der Waals surface area contributed by atoms with E-state index in [1.54, 1.807) is 12.1 Å². The number of carbonyl (C=O) groups is 2. The van der Waals surface area contributed by atoms with Crippen molar-refractivity contribution in [1.29, 1.82) is 0 Å². The quantitative estimate of drug-likeness (QED) is 0.0912. The molecule has 0 spiro atoms. The van der Waals surface area contributed by atoms with Gasteiger partial charge in [0.1, 0.15) is 24.7 Å². The minimum atomic E-state index is -0.508. The summed E-state index contributed by atoms with van der Waals surface area (Å²) in [6, 6.07) is 5.44. The fourth-order valence-electron chi connectivity index (χ4n) is 4.45. The summed E-state index contributed by atoms with van der Waals surface area (Å²) in [5.74, 6) is 0.408. The van der Waals surface area contributed by atoms with E-state index in [1.165, 1.54) is 96.2 Å². The Morgan fingerprint density at radius 1 is 0.641 bits per heavy atom. The molecule has 0 aromatic heterocycles. The van der Waals surface area contributed by atoms with Gasteiger partial charge in [-0.25, -0.2) is 0 Å². The number of esters is 1. The fourth-order valence-corrected chi connectivity index (χ4v) is 4.45. The molecule has 1 aromatic rings. The summed E-state index contributed by atoms with van der Waals surface area (Å²) in [7, 11) is 2.76. The topological polar surface area (TPSA) is 74.3 Å². The van der Waals surface area contributed by atoms with Crippen molar-refractivity contribution < 1.29 is 28.5 Å². The lowest BCUT2D eigenvalue weighted by Gasteiger charge is -2.23. The van der Waals surface area contributed by atoms with Crippen LogP contribution in [0.2, 0.25) is 0 Å². The Bertz CT molecular complexity index is 729. The van der Waals surface area contributed by atoms with E-state index in [1.807, 2.05) is 6.07 Å². The van der Waals surface area contributed by atoms with Crippen molar-refractivity contribution >= 4 is 17.6 Å². The highest BCUT2D eigenvalue weighted by atomic mass is 16.5. The maximum absolute atomic E-state index is 12.8. The number of anilines is 1. The number of ether oxygens (including phenoxy) is 4. The van der Waals surface area contributed by atoms with E-state index in [-0.39, 0.29) is 19.1 Å². The van der Waals surface area contributed by atoms with Crippen LogP contribution in [0.25, 0.3) is 0 Å². The highest BCUT2D eigenvalue weighted by Gasteiger charge is 2.21. The van der Waals surface area contributed by atoms with Crippen molar-refractivity contribution in [1.82, 2.24) is 0 Å². The van der Waals surface area contributed by atoms with Gasteiger partial charge in [-0.05, 0) is 12.8 Å². The third kappa shape index (κ3) is 17.1. The van der Waals surface area contributed by atoms with Gasteiger partial charge >= 0.3 is 5.97 Å². The molecule has 0 aliphatic carbocycles. The highest BCUT2D eigenvalue weighted by Crippen LogP contribution is 2.30. The molecule has 0 fully saturated rings. The molecular weight excluding hydrogens is 494 g/mol. The lowest BCUT2D eigenvalue weighted by Crippen LogP contribution is -2.38. The van der Waals surface area contributed by atoms with Crippen molar-refractivity contribution in [2.75, 3.05) is 45.5 Å². The average Bonchev–Trinajstić information content (AvgIpc) is 2.94. The molecule has 39 heavy (non-hydrogen) atoms. The Morgan fingerprint density at radius 3 is 1.49 bits per heavy atom. The van der Waals surface area contributed by atoms with E-state index in [4.69, 9.17) is 18.9 Å². The largest absolute Gasteiger partial charge is 0.493 e. The number of rotatable bonds is 25. The number of unbranched alkanes of at least 4 members (excludes halogenated alkanes) is 14. The van der Waals surface area contributed by atoms with Crippen LogP contribution in [0.1, 0.15) is 117 Å². The second-order valence-electron chi connectivity index (χ2n) is 10.3. The first-order valence-electron chi connectivity index (χ1n) is 15.3. The van der Waals surface area contributed by atoms with Gasteiger partial charge < -0.3 is 18.9 Å². The van der Waals surface area contributed by atoms with Gasteiger partial charge in [0.05, 0.1) is 26.0 Å². The maximum Gasteiger partial charge on any atom is 0.325 e. The van der Waals surface area contributed by atoms with Gasteiger partial charge in [0.15, 0.2) is 0 Å². The van der Waals surface area contributed by atoms with Gasteiger partial charge in [-0.3, -0.25) is 14.5 Å². The number of amides is 1.